The van der Waals surface area contributed by atoms with Gasteiger partial charge < -0.3 is 10.1 Å². The molecule has 0 spiro atoms. The molecule has 2 aromatic rings. The van der Waals surface area contributed by atoms with Gasteiger partial charge in [-0.2, -0.15) is 0 Å². The summed E-state index contributed by atoms with van der Waals surface area (Å²) in [6.45, 7) is 6.59. The maximum atomic E-state index is 6.14. The Morgan fingerprint density at radius 3 is 2.52 bits per heavy atom. The Hall–Kier alpha value is -1.80. The molecule has 2 aromatic carbocycles. The summed E-state index contributed by atoms with van der Waals surface area (Å²) in [5.41, 5.74) is 2.50. The van der Waals surface area contributed by atoms with Gasteiger partial charge in [0.15, 0.2) is 0 Å². The molecule has 0 amide bonds. The number of benzene rings is 2. The zero-order valence-corrected chi connectivity index (χ0v) is 13.4. The summed E-state index contributed by atoms with van der Waals surface area (Å²) in [5, 5.41) is 3.26. The van der Waals surface area contributed by atoms with Crippen LogP contribution in [0.1, 0.15) is 50.3 Å². The minimum absolute atomic E-state index is 0.318. The van der Waals surface area contributed by atoms with E-state index in [0.717, 1.165) is 17.9 Å². The maximum Gasteiger partial charge on any atom is 0.130 e. The summed E-state index contributed by atoms with van der Waals surface area (Å²) < 4.78 is 6.14. The molecule has 0 aliphatic heterocycles. The average molecular weight is 283 g/mol. The van der Waals surface area contributed by atoms with E-state index >= 15 is 0 Å². The molecular weight excluding hydrogens is 258 g/mol. The lowest BCUT2D eigenvalue weighted by molar-refractivity contribution is 0.468. The first kappa shape index (κ1) is 15.6. The Bertz CT molecular complexity index is 579. The molecule has 0 fully saturated rings. The van der Waals surface area contributed by atoms with Gasteiger partial charge in [0.25, 0.3) is 0 Å². The molecule has 0 heterocycles. The predicted octanol–water partition coefficient (Wildman–Crippen LogP) is 5.27. The van der Waals surface area contributed by atoms with E-state index < -0.39 is 0 Å². The molecule has 2 rings (SSSR count). The van der Waals surface area contributed by atoms with Crippen LogP contribution in [0.15, 0.2) is 48.5 Å². The Morgan fingerprint density at radius 2 is 1.81 bits per heavy atom. The molecule has 0 saturated carbocycles. The van der Waals surface area contributed by atoms with Crippen LogP contribution in [-0.4, -0.2) is 7.05 Å². The van der Waals surface area contributed by atoms with Crippen molar-refractivity contribution in [3.05, 3.63) is 59.7 Å². The van der Waals surface area contributed by atoms with Crippen molar-refractivity contribution in [3.63, 3.8) is 0 Å². The minimum atomic E-state index is 0.318. The highest BCUT2D eigenvalue weighted by Gasteiger charge is 2.11. The van der Waals surface area contributed by atoms with Gasteiger partial charge in [0.2, 0.25) is 0 Å². The summed E-state index contributed by atoms with van der Waals surface area (Å²) in [7, 11) is 1.97. The van der Waals surface area contributed by atoms with Crippen molar-refractivity contribution >= 4 is 0 Å². The van der Waals surface area contributed by atoms with E-state index in [1.807, 2.05) is 25.2 Å². The highest BCUT2D eigenvalue weighted by atomic mass is 16.5. The van der Waals surface area contributed by atoms with Gasteiger partial charge in [-0.15, -0.1) is 0 Å². The van der Waals surface area contributed by atoms with E-state index in [2.05, 4.69) is 56.4 Å². The zero-order valence-electron chi connectivity index (χ0n) is 13.4. The van der Waals surface area contributed by atoms with Gasteiger partial charge in [0.05, 0.1) is 0 Å². The molecule has 1 N–H and O–H groups in total. The molecule has 21 heavy (non-hydrogen) atoms. The number of para-hydroxylation sites is 1. The molecule has 2 nitrogen and oxygen atoms in total. The first-order valence-electron chi connectivity index (χ1n) is 7.69. The summed E-state index contributed by atoms with van der Waals surface area (Å²) in [6.07, 6.45) is 1.11. The van der Waals surface area contributed by atoms with Crippen molar-refractivity contribution in [2.24, 2.45) is 0 Å². The standard InChI is InChI=1S/C19H25NO/c1-5-14(2)18-11-6-7-12-19(18)21-17-10-8-9-16(13-17)15(3)20-4/h6-15,20H,5H2,1-4H3. The minimum Gasteiger partial charge on any atom is -0.457 e. The van der Waals surface area contributed by atoms with Gasteiger partial charge in [-0.1, -0.05) is 44.2 Å². The molecule has 0 aromatic heterocycles. The van der Waals surface area contributed by atoms with Crippen LogP contribution in [0.5, 0.6) is 11.5 Å². The third-order valence-electron chi connectivity index (χ3n) is 4.08. The van der Waals surface area contributed by atoms with E-state index in [-0.39, 0.29) is 0 Å². The second-order valence-electron chi connectivity index (χ2n) is 5.53. The van der Waals surface area contributed by atoms with E-state index in [1.165, 1.54) is 11.1 Å². The Balaban J connectivity index is 2.26. The lowest BCUT2D eigenvalue weighted by Gasteiger charge is -2.17. The maximum absolute atomic E-state index is 6.14. The largest absolute Gasteiger partial charge is 0.457 e. The number of ether oxygens (including phenoxy) is 1. The van der Waals surface area contributed by atoms with Gasteiger partial charge in [-0.25, -0.2) is 0 Å². The Morgan fingerprint density at radius 1 is 1.05 bits per heavy atom. The van der Waals surface area contributed by atoms with Gasteiger partial charge >= 0.3 is 0 Å². The van der Waals surface area contributed by atoms with Gasteiger partial charge in [-0.05, 0) is 55.6 Å². The lowest BCUT2D eigenvalue weighted by Crippen LogP contribution is -2.12. The molecule has 2 atom stereocenters. The topological polar surface area (TPSA) is 21.3 Å². The van der Waals surface area contributed by atoms with Gasteiger partial charge in [0, 0.05) is 6.04 Å². The molecule has 0 radical (unpaired) electrons. The normalized spacial score (nSPS) is 13.7. The molecule has 0 saturated heterocycles. The van der Waals surface area contributed by atoms with Gasteiger partial charge in [0.1, 0.15) is 11.5 Å². The van der Waals surface area contributed by atoms with E-state index in [9.17, 15) is 0 Å². The van der Waals surface area contributed by atoms with Crippen LogP contribution < -0.4 is 10.1 Å². The summed E-state index contributed by atoms with van der Waals surface area (Å²) in [4.78, 5) is 0. The third-order valence-corrected chi connectivity index (χ3v) is 4.08. The Kier molecular flexibility index (Phi) is 5.40. The van der Waals surface area contributed by atoms with Crippen LogP contribution in [0, 0.1) is 0 Å². The number of nitrogens with one attached hydrogen (secondary N) is 1. The highest BCUT2D eigenvalue weighted by Crippen LogP contribution is 2.32. The van der Waals surface area contributed by atoms with E-state index in [0.29, 0.717) is 12.0 Å². The summed E-state index contributed by atoms with van der Waals surface area (Å²) in [5.74, 6) is 2.35. The predicted molar refractivity (Wildman–Crippen MR) is 89.1 cm³/mol. The first-order valence-corrected chi connectivity index (χ1v) is 7.69. The number of hydrogen-bond acceptors (Lipinski definition) is 2. The number of rotatable bonds is 6. The van der Waals surface area contributed by atoms with Crippen molar-refractivity contribution in [1.29, 1.82) is 0 Å². The van der Waals surface area contributed by atoms with Crippen LogP contribution >= 0.6 is 0 Å². The van der Waals surface area contributed by atoms with Crippen molar-refractivity contribution in [1.82, 2.24) is 5.32 Å². The van der Waals surface area contributed by atoms with Crippen molar-refractivity contribution in [3.8, 4) is 11.5 Å². The van der Waals surface area contributed by atoms with Crippen LogP contribution in [0.4, 0.5) is 0 Å². The summed E-state index contributed by atoms with van der Waals surface area (Å²) in [6, 6.07) is 16.9. The van der Waals surface area contributed by atoms with Crippen LogP contribution in [0.3, 0.4) is 0 Å². The number of hydrogen-bond donors (Lipinski definition) is 1. The van der Waals surface area contributed by atoms with Crippen LogP contribution in [0.2, 0.25) is 0 Å². The second kappa shape index (κ2) is 7.28. The van der Waals surface area contributed by atoms with Crippen molar-refractivity contribution in [2.75, 3.05) is 7.05 Å². The molecule has 0 bridgehead atoms. The molecular formula is C19H25NO. The Labute approximate surface area is 128 Å². The van der Waals surface area contributed by atoms with E-state index in [4.69, 9.17) is 4.74 Å². The quantitative estimate of drug-likeness (QED) is 0.779. The fourth-order valence-electron chi connectivity index (χ4n) is 2.34. The van der Waals surface area contributed by atoms with Crippen molar-refractivity contribution in [2.45, 2.75) is 39.2 Å². The monoisotopic (exact) mass is 283 g/mol. The first-order chi connectivity index (χ1) is 10.2. The van der Waals surface area contributed by atoms with Gasteiger partial charge in [-0.3, -0.25) is 0 Å². The fraction of sp³-hybridized carbons (Fsp3) is 0.368. The average Bonchev–Trinajstić information content (AvgIpc) is 2.54. The van der Waals surface area contributed by atoms with Crippen LogP contribution in [-0.2, 0) is 0 Å². The molecule has 112 valence electrons. The molecule has 2 unspecified atom stereocenters. The zero-order chi connectivity index (χ0) is 15.2. The van der Waals surface area contributed by atoms with Crippen molar-refractivity contribution < 1.29 is 4.74 Å². The lowest BCUT2D eigenvalue weighted by atomic mass is 9.98. The molecule has 0 aliphatic carbocycles. The van der Waals surface area contributed by atoms with E-state index in [1.54, 1.807) is 0 Å². The second-order valence-corrected chi connectivity index (χ2v) is 5.53. The molecule has 0 aliphatic rings. The SMILES string of the molecule is CCC(C)c1ccccc1Oc1cccc(C(C)NC)c1. The van der Waals surface area contributed by atoms with Crippen LogP contribution in [0.25, 0.3) is 0 Å². The summed E-state index contributed by atoms with van der Waals surface area (Å²) >= 11 is 0. The fourth-order valence-corrected chi connectivity index (χ4v) is 2.34. The highest BCUT2D eigenvalue weighted by molar-refractivity contribution is 5.41. The molecule has 2 heteroatoms. The third kappa shape index (κ3) is 3.85. The smallest absolute Gasteiger partial charge is 0.130 e.